The van der Waals surface area contributed by atoms with Gasteiger partial charge < -0.3 is 9.30 Å². The number of methoxy groups -OCH3 is 1. The molecule has 0 saturated carbocycles. The van der Waals surface area contributed by atoms with E-state index in [0.717, 1.165) is 33.7 Å². The topological polar surface area (TPSA) is 31.2 Å². The summed E-state index contributed by atoms with van der Waals surface area (Å²) in [5.41, 5.74) is 6.22. The first-order chi connectivity index (χ1) is 11.3. The lowest BCUT2D eigenvalue weighted by atomic mass is 10.1. The van der Waals surface area contributed by atoms with Crippen LogP contribution in [-0.2, 0) is 16.6 Å². The van der Waals surface area contributed by atoms with E-state index in [1.165, 1.54) is 13.2 Å². The molecule has 1 rings (SSSR count). The van der Waals surface area contributed by atoms with Gasteiger partial charge >= 0.3 is 5.97 Å². The van der Waals surface area contributed by atoms with Crippen LogP contribution in [0.3, 0.4) is 0 Å². The summed E-state index contributed by atoms with van der Waals surface area (Å²) in [4.78, 5) is 11.1. The lowest BCUT2D eigenvalue weighted by Crippen LogP contribution is -1.94. The van der Waals surface area contributed by atoms with Crippen molar-refractivity contribution in [3.8, 4) is 12.3 Å². The number of hydrogen-bond acceptors (Lipinski definition) is 2. The van der Waals surface area contributed by atoms with Crippen molar-refractivity contribution in [2.24, 2.45) is 7.05 Å². The summed E-state index contributed by atoms with van der Waals surface area (Å²) in [5, 5.41) is 0. The second-order valence-electron chi connectivity index (χ2n) is 5.69. The molecule has 1 aromatic heterocycles. The molecule has 0 bridgehead atoms. The number of rotatable bonds is 5. The normalized spacial score (nSPS) is 12.9. The molecule has 0 aliphatic heterocycles. The van der Waals surface area contributed by atoms with Gasteiger partial charge in [-0.25, -0.2) is 4.79 Å². The molecule has 126 valence electrons. The zero-order valence-corrected chi connectivity index (χ0v) is 15.3. The third-order valence-electron chi connectivity index (χ3n) is 3.90. The van der Waals surface area contributed by atoms with E-state index >= 15 is 0 Å². The number of hydrogen-bond donors (Lipinski definition) is 0. The van der Waals surface area contributed by atoms with Gasteiger partial charge in [-0.3, -0.25) is 0 Å². The summed E-state index contributed by atoms with van der Waals surface area (Å²) in [6, 6.07) is 0. The fourth-order valence-corrected chi connectivity index (χ4v) is 2.36. The Morgan fingerprint density at radius 2 is 1.88 bits per heavy atom. The number of allylic oxidation sites excluding steroid dienone is 6. The van der Waals surface area contributed by atoms with Gasteiger partial charge in [0, 0.05) is 30.1 Å². The van der Waals surface area contributed by atoms with Crippen molar-refractivity contribution in [2.45, 2.75) is 27.7 Å². The van der Waals surface area contributed by atoms with Gasteiger partial charge in [0.15, 0.2) is 0 Å². The van der Waals surface area contributed by atoms with Crippen LogP contribution in [0.15, 0.2) is 41.5 Å². The van der Waals surface area contributed by atoms with Crippen molar-refractivity contribution in [1.82, 2.24) is 4.57 Å². The van der Waals surface area contributed by atoms with Gasteiger partial charge in [0.25, 0.3) is 0 Å². The molecular weight excluding hydrogens is 298 g/mol. The minimum Gasteiger partial charge on any atom is -0.466 e. The highest BCUT2D eigenvalue weighted by atomic mass is 16.5. The van der Waals surface area contributed by atoms with Crippen molar-refractivity contribution < 1.29 is 9.53 Å². The van der Waals surface area contributed by atoms with Gasteiger partial charge in [-0.05, 0) is 44.9 Å². The van der Waals surface area contributed by atoms with Crippen LogP contribution in [0.5, 0.6) is 0 Å². The number of carbonyl (C=O) groups is 1. The Balaban J connectivity index is 2.91. The first-order valence-electron chi connectivity index (χ1n) is 7.73. The van der Waals surface area contributed by atoms with Gasteiger partial charge in [-0.1, -0.05) is 35.8 Å². The van der Waals surface area contributed by atoms with Gasteiger partial charge in [0.2, 0.25) is 0 Å². The van der Waals surface area contributed by atoms with Crippen molar-refractivity contribution in [1.29, 1.82) is 0 Å². The molecule has 0 atom stereocenters. The Labute approximate surface area is 145 Å². The molecule has 0 aromatic carbocycles. The molecule has 0 unspecified atom stereocenters. The van der Waals surface area contributed by atoms with Crippen molar-refractivity contribution in [3.05, 3.63) is 64.0 Å². The van der Waals surface area contributed by atoms with Crippen molar-refractivity contribution >= 4 is 12.0 Å². The van der Waals surface area contributed by atoms with Crippen LogP contribution >= 0.6 is 0 Å². The van der Waals surface area contributed by atoms with Gasteiger partial charge in [0.1, 0.15) is 0 Å². The van der Waals surface area contributed by atoms with Crippen LogP contribution in [-0.4, -0.2) is 17.6 Å². The lowest BCUT2D eigenvalue weighted by molar-refractivity contribution is -0.134. The molecule has 0 fully saturated rings. The van der Waals surface area contributed by atoms with Crippen LogP contribution in [0.25, 0.3) is 6.08 Å². The molecule has 3 heteroatoms. The Hall–Kier alpha value is -2.73. The summed E-state index contributed by atoms with van der Waals surface area (Å²) < 4.78 is 6.69. The summed E-state index contributed by atoms with van der Waals surface area (Å²) in [5.74, 6) is 2.40. The zero-order chi connectivity index (χ0) is 18.3. The van der Waals surface area contributed by atoms with Crippen LogP contribution in [0.4, 0.5) is 0 Å². The van der Waals surface area contributed by atoms with Crippen LogP contribution in [0, 0.1) is 26.2 Å². The SMILES string of the molecule is C#Cc1c(C)c(/C=C/C(C)=C/C=C/C(C)=C\C(=O)OC)n(C)c1C. The molecule has 0 spiro atoms. The molecule has 24 heavy (non-hydrogen) atoms. The second kappa shape index (κ2) is 8.79. The van der Waals surface area contributed by atoms with E-state index in [1.807, 2.05) is 59.0 Å². The average Bonchev–Trinajstić information content (AvgIpc) is 2.74. The van der Waals surface area contributed by atoms with E-state index in [1.54, 1.807) is 0 Å². The summed E-state index contributed by atoms with van der Waals surface area (Å²) in [7, 11) is 3.38. The fourth-order valence-electron chi connectivity index (χ4n) is 2.36. The number of aromatic nitrogens is 1. The molecule has 1 aromatic rings. The molecule has 3 nitrogen and oxygen atoms in total. The lowest BCUT2D eigenvalue weighted by Gasteiger charge is -2.00. The van der Waals surface area contributed by atoms with Crippen LogP contribution in [0.2, 0.25) is 0 Å². The summed E-state index contributed by atoms with van der Waals surface area (Å²) in [6.07, 6.45) is 16.9. The maximum absolute atomic E-state index is 11.1. The monoisotopic (exact) mass is 323 g/mol. The van der Waals surface area contributed by atoms with Crippen LogP contribution in [0.1, 0.15) is 36.4 Å². The molecule has 0 aliphatic carbocycles. The molecule has 0 aliphatic rings. The molecule has 0 N–H and O–H groups in total. The Morgan fingerprint density at radius 1 is 1.21 bits per heavy atom. The molecule has 0 radical (unpaired) electrons. The van der Waals surface area contributed by atoms with E-state index in [2.05, 4.69) is 21.3 Å². The summed E-state index contributed by atoms with van der Waals surface area (Å²) in [6.45, 7) is 7.94. The maximum atomic E-state index is 11.1. The van der Waals surface area contributed by atoms with Gasteiger partial charge in [0.05, 0.1) is 7.11 Å². The predicted molar refractivity (Wildman–Crippen MR) is 101 cm³/mol. The smallest absolute Gasteiger partial charge is 0.330 e. The number of terminal acetylenes is 1. The highest BCUT2D eigenvalue weighted by Gasteiger charge is 2.10. The van der Waals surface area contributed by atoms with E-state index in [0.29, 0.717) is 0 Å². The highest BCUT2D eigenvalue weighted by Crippen LogP contribution is 2.21. The number of esters is 1. The van der Waals surface area contributed by atoms with E-state index in [-0.39, 0.29) is 5.97 Å². The van der Waals surface area contributed by atoms with E-state index in [4.69, 9.17) is 6.42 Å². The average molecular weight is 323 g/mol. The number of carbonyl (C=O) groups excluding carboxylic acids is 1. The minimum absolute atomic E-state index is 0.350. The van der Waals surface area contributed by atoms with Crippen molar-refractivity contribution in [2.75, 3.05) is 7.11 Å². The van der Waals surface area contributed by atoms with Gasteiger partial charge in [-0.15, -0.1) is 6.42 Å². The number of ether oxygens (including phenoxy) is 1. The number of nitrogens with zero attached hydrogens (tertiary/aromatic N) is 1. The van der Waals surface area contributed by atoms with Gasteiger partial charge in [-0.2, -0.15) is 0 Å². The third-order valence-corrected chi connectivity index (χ3v) is 3.90. The Bertz CT molecular complexity index is 778. The second-order valence-corrected chi connectivity index (χ2v) is 5.69. The van der Waals surface area contributed by atoms with Crippen LogP contribution < -0.4 is 0 Å². The molecular formula is C21H25NO2. The quantitative estimate of drug-likeness (QED) is 0.351. The summed E-state index contributed by atoms with van der Waals surface area (Å²) >= 11 is 0. The molecule has 1 heterocycles. The van der Waals surface area contributed by atoms with Crippen molar-refractivity contribution in [3.63, 3.8) is 0 Å². The van der Waals surface area contributed by atoms with E-state index in [9.17, 15) is 4.79 Å². The Kier molecular flexibility index (Phi) is 7.07. The predicted octanol–water partition coefficient (Wildman–Crippen LogP) is 4.26. The standard InChI is InChI=1S/C21H25NO2/c1-8-19-17(4)20(22(6)18(19)5)13-12-15(2)10-9-11-16(3)14-21(23)24-7/h1,9-14H,2-7H3/b11-9+,13-12+,15-10+,16-14-. The third kappa shape index (κ3) is 4.89. The largest absolute Gasteiger partial charge is 0.466 e. The Morgan fingerprint density at radius 3 is 2.42 bits per heavy atom. The zero-order valence-electron chi connectivity index (χ0n) is 15.3. The molecule has 0 amide bonds. The first-order valence-corrected chi connectivity index (χ1v) is 7.73. The molecule has 0 saturated heterocycles. The maximum Gasteiger partial charge on any atom is 0.330 e. The highest BCUT2D eigenvalue weighted by molar-refractivity contribution is 5.83. The fraction of sp³-hybridized carbons (Fsp3) is 0.286. The minimum atomic E-state index is -0.350. The van der Waals surface area contributed by atoms with E-state index < -0.39 is 0 Å². The first kappa shape index (κ1) is 19.3.